The molecule has 3 rings (SSSR count). The van der Waals surface area contributed by atoms with E-state index in [1.54, 1.807) is 0 Å². The highest BCUT2D eigenvalue weighted by Crippen LogP contribution is 2.21. The normalized spacial score (nSPS) is 11.2. The lowest BCUT2D eigenvalue weighted by molar-refractivity contribution is 0.814. The Hall–Kier alpha value is -2.08. The molecule has 0 aliphatic heterocycles. The minimum absolute atomic E-state index is 0.0517. The van der Waals surface area contributed by atoms with Gasteiger partial charge in [-0.1, -0.05) is 23.5 Å². The van der Waals surface area contributed by atoms with Crippen LogP contribution in [0.1, 0.15) is 11.3 Å². The van der Waals surface area contributed by atoms with Crippen LogP contribution in [0.4, 0.5) is 5.95 Å². The fourth-order valence-corrected chi connectivity index (χ4v) is 2.61. The fraction of sp³-hybridized carbons (Fsp3) is 0.167. The quantitative estimate of drug-likeness (QED) is 0.736. The third kappa shape index (κ3) is 1.70. The number of nitrogens with one attached hydrogen (secondary N) is 1. The topological polar surface area (TPSA) is 76.7 Å². The first-order valence-corrected chi connectivity index (χ1v) is 6.41. The van der Waals surface area contributed by atoms with Crippen LogP contribution >= 0.6 is 11.3 Å². The summed E-state index contributed by atoms with van der Waals surface area (Å²) in [6, 6.07) is 5.97. The Balaban J connectivity index is 2.14. The van der Waals surface area contributed by atoms with Crippen LogP contribution in [0.5, 0.6) is 0 Å². The van der Waals surface area contributed by atoms with Crippen molar-refractivity contribution in [1.29, 1.82) is 0 Å². The molecule has 0 aliphatic carbocycles. The average molecular weight is 260 g/mol. The lowest BCUT2D eigenvalue weighted by Crippen LogP contribution is -2.06. The number of aryl methyl sites for hydroxylation is 1. The molecule has 0 spiro atoms. The van der Waals surface area contributed by atoms with Crippen molar-refractivity contribution in [2.45, 2.75) is 13.5 Å². The molecule has 0 saturated carbocycles. The number of hydrogen-bond acceptors (Lipinski definition) is 4. The van der Waals surface area contributed by atoms with Crippen molar-refractivity contribution < 1.29 is 0 Å². The summed E-state index contributed by atoms with van der Waals surface area (Å²) in [6.07, 6.45) is 0. The molecule has 92 valence electrons. The largest absolute Gasteiger partial charge is 0.369 e. The molecule has 0 atom stereocenters. The third-order valence-electron chi connectivity index (χ3n) is 2.91. The van der Waals surface area contributed by atoms with Crippen molar-refractivity contribution in [3.05, 3.63) is 44.5 Å². The highest BCUT2D eigenvalue weighted by atomic mass is 32.1. The number of rotatable bonds is 2. The zero-order valence-electron chi connectivity index (χ0n) is 9.80. The molecule has 1 aromatic carbocycles. The maximum atomic E-state index is 11.1. The van der Waals surface area contributed by atoms with Crippen LogP contribution < -0.4 is 10.6 Å². The maximum Gasteiger partial charge on any atom is 0.304 e. The van der Waals surface area contributed by atoms with Gasteiger partial charge in [-0.15, -0.1) is 0 Å². The minimum atomic E-state index is -0.0517. The second kappa shape index (κ2) is 3.99. The van der Waals surface area contributed by atoms with Gasteiger partial charge in [0, 0.05) is 11.1 Å². The number of nitrogen functional groups attached to an aromatic ring is 1. The van der Waals surface area contributed by atoms with Crippen molar-refractivity contribution >= 4 is 28.3 Å². The summed E-state index contributed by atoms with van der Waals surface area (Å²) in [5.74, 6) is 0.464. The number of fused-ring (bicyclic) bond motifs is 1. The molecule has 0 aliphatic rings. The van der Waals surface area contributed by atoms with Gasteiger partial charge in [0.1, 0.15) is 0 Å². The fourth-order valence-electron chi connectivity index (χ4n) is 2.03. The molecule has 0 saturated heterocycles. The van der Waals surface area contributed by atoms with Gasteiger partial charge in [-0.05, 0) is 18.6 Å². The van der Waals surface area contributed by atoms with E-state index in [0.29, 0.717) is 12.5 Å². The van der Waals surface area contributed by atoms with Crippen molar-refractivity contribution in [1.82, 2.24) is 14.5 Å². The zero-order valence-corrected chi connectivity index (χ0v) is 10.6. The van der Waals surface area contributed by atoms with Crippen LogP contribution in [0.2, 0.25) is 0 Å². The molecule has 0 amide bonds. The molecule has 0 fully saturated rings. The van der Waals surface area contributed by atoms with Gasteiger partial charge < -0.3 is 15.3 Å². The number of thiazole rings is 1. The van der Waals surface area contributed by atoms with Crippen molar-refractivity contribution in [2.24, 2.45) is 0 Å². The Morgan fingerprint density at radius 2 is 2.33 bits per heavy atom. The smallest absolute Gasteiger partial charge is 0.304 e. The molecule has 18 heavy (non-hydrogen) atoms. The van der Waals surface area contributed by atoms with Crippen molar-refractivity contribution in [3.63, 3.8) is 0 Å². The van der Waals surface area contributed by atoms with Gasteiger partial charge in [-0.3, -0.25) is 4.79 Å². The third-order valence-corrected chi connectivity index (χ3v) is 3.63. The van der Waals surface area contributed by atoms with Crippen LogP contribution in [0.15, 0.2) is 28.4 Å². The number of anilines is 1. The summed E-state index contributed by atoms with van der Waals surface area (Å²) in [7, 11) is 0. The average Bonchev–Trinajstić information content (AvgIpc) is 2.87. The molecule has 3 N–H and O–H groups in total. The van der Waals surface area contributed by atoms with E-state index in [-0.39, 0.29) is 4.87 Å². The summed E-state index contributed by atoms with van der Waals surface area (Å²) in [5.41, 5.74) is 9.77. The number of aromatic amines is 1. The first-order chi connectivity index (χ1) is 8.65. The van der Waals surface area contributed by atoms with Crippen LogP contribution in [0.3, 0.4) is 0 Å². The number of H-pyrrole nitrogens is 1. The molecular formula is C12H12N4OS. The lowest BCUT2D eigenvalue weighted by Gasteiger charge is -2.04. The first kappa shape index (κ1) is 11.0. The summed E-state index contributed by atoms with van der Waals surface area (Å²) < 4.78 is 1.90. The standard InChI is InChI=1S/C12H12N4OS/c1-7-3-2-4-9-10(7)15-11(13)16(9)5-8-6-18-12(17)14-8/h2-4,6H,5H2,1H3,(H2,13,15)(H,14,17). The molecule has 0 unspecified atom stereocenters. The van der Waals surface area contributed by atoms with E-state index in [1.165, 1.54) is 0 Å². The molecule has 2 heterocycles. The van der Waals surface area contributed by atoms with Gasteiger partial charge in [0.15, 0.2) is 0 Å². The number of benzene rings is 1. The second-order valence-electron chi connectivity index (χ2n) is 4.17. The summed E-state index contributed by atoms with van der Waals surface area (Å²) in [4.78, 5) is 18.2. The first-order valence-electron chi connectivity index (χ1n) is 5.53. The van der Waals surface area contributed by atoms with Gasteiger partial charge in [0.25, 0.3) is 0 Å². The van der Waals surface area contributed by atoms with E-state index in [4.69, 9.17) is 5.73 Å². The number of nitrogens with two attached hydrogens (primary N) is 1. The number of aromatic nitrogens is 3. The molecular weight excluding hydrogens is 248 g/mol. The molecule has 0 bridgehead atoms. The van der Waals surface area contributed by atoms with Gasteiger partial charge in [-0.2, -0.15) is 0 Å². The Morgan fingerprint density at radius 3 is 3.06 bits per heavy atom. The maximum absolute atomic E-state index is 11.1. The summed E-state index contributed by atoms with van der Waals surface area (Å²) in [6.45, 7) is 2.54. The number of hydrogen-bond donors (Lipinski definition) is 2. The minimum Gasteiger partial charge on any atom is -0.369 e. The Morgan fingerprint density at radius 1 is 1.50 bits per heavy atom. The SMILES string of the molecule is Cc1cccc2c1nc(N)n2Cc1csc(=O)[nH]1. The van der Waals surface area contributed by atoms with E-state index in [9.17, 15) is 4.79 Å². The van der Waals surface area contributed by atoms with Crippen LogP contribution in [0.25, 0.3) is 11.0 Å². The molecule has 3 aromatic rings. The predicted octanol–water partition coefficient (Wildman–Crippen LogP) is 1.73. The van der Waals surface area contributed by atoms with E-state index in [2.05, 4.69) is 9.97 Å². The number of nitrogens with zero attached hydrogens (tertiary/aromatic N) is 2. The van der Waals surface area contributed by atoms with E-state index < -0.39 is 0 Å². The van der Waals surface area contributed by atoms with E-state index in [1.807, 2.05) is 35.1 Å². The molecule has 6 heteroatoms. The highest BCUT2D eigenvalue weighted by Gasteiger charge is 2.10. The number of para-hydroxylation sites is 1. The highest BCUT2D eigenvalue weighted by molar-refractivity contribution is 7.07. The van der Waals surface area contributed by atoms with Crippen LogP contribution in [0, 0.1) is 6.92 Å². The Bertz CT molecular complexity index is 768. The summed E-state index contributed by atoms with van der Waals surface area (Å²) >= 11 is 1.15. The van der Waals surface area contributed by atoms with Gasteiger partial charge in [-0.25, -0.2) is 4.98 Å². The van der Waals surface area contributed by atoms with Crippen molar-refractivity contribution in [2.75, 3.05) is 5.73 Å². The van der Waals surface area contributed by atoms with Crippen molar-refractivity contribution in [3.8, 4) is 0 Å². The second-order valence-corrected chi connectivity index (χ2v) is 5.01. The van der Waals surface area contributed by atoms with Crippen LogP contribution in [-0.2, 0) is 6.54 Å². The van der Waals surface area contributed by atoms with E-state index >= 15 is 0 Å². The summed E-state index contributed by atoms with van der Waals surface area (Å²) in [5, 5.41) is 1.81. The molecule has 2 aromatic heterocycles. The molecule has 5 nitrogen and oxygen atoms in total. The zero-order chi connectivity index (χ0) is 12.7. The van der Waals surface area contributed by atoms with Gasteiger partial charge in [0.2, 0.25) is 5.95 Å². The van der Waals surface area contributed by atoms with Crippen LogP contribution in [-0.4, -0.2) is 14.5 Å². The lowest BCUT2D eigenvalue weighted by atomic mass is 10.2. The van der Waals surface area contributed by atoms with E-state index in [0.717, 1.165) is 33.6 Å². The predicted molar refractivity (Wildman–Crippen MR) is 72.9 cm³/mol. The van der Waals surface area contributed by atoms with Gasteiger partial charge in [0.05, 0.1) is 17.6 Å². The monoisotopic (exact) mass is 260 g/mol. The number of imidazole rings is 1. The molecule has 0 radical (unpaired) electrons. The Labute approximate surface area is 107 Å². The Kier molecular flexibility index (Phi) is 2.45. The van der Waals surface area contributed by atoms with Gasteiger partial charge >= 0.3 is 4.87 Å².